The van der Waals surface area contributed by atoms with Crippen molar-refractivity contribution in [1.82, 2.24) is 4.31 Å². The van der Waals surface area contributed by atoms with Crippen molar-refractivity contribution in [3.05, 3.63) is 90.0 Å². The highest BCUT2D eigenvalue weighted by molar-refractivity contribution is 8.02. The summed E-state index contributed by atoms with van der Waals surface area (Å²) in [5.41, 5.74) is 4.05. The van der Waals surface area contributed by atoms with Crippen LogP contribution in [-0.2, 0) is 14.8 Å². The Kier molecular flexibility index (Phi) is 7.88. The predicted molar refractivity (Wildman–Crippen MR) is 137 cm³/mol. The third kappa shape index (κ3) is 5.28. The SMILES string of the molecule is Cc1ccccc1C(CCO)CC(=O)C1SCCN1S(=O)(=O)c1ccc(-c2ccccc2)cc1. The lowest BCUT2D eigenvalue weighted by Crippen LogP contribution is -2.39. The average molecular weight is 496 g/mol. The fourth-order valence-corrected chi connectivity index (χ4v) is 7.62. The molecular weight excluding hydrogens is 466 g/mol. The monoisotopic (exact) mass is 495 g/mol. The number of hydrogen-bond acceptors (Lipinski definition) is 5. The second kappa shape index (κ2) is 10.9. The topological polar surface area (TPSA) is 74.7 Å². The second-order valence-electron chi connectivity index (χ2n) is 8.47. The first-order chi connectivity index (χ1) is 16.4. The van der Waals surface area contributed by atoms with Crippen molar-refractivity contribution in [3.63, 3.8) is 0 Å². The van der Waals surface area contributed by atoms with Gasteiger partial charge in [0.1, 0.15) is 5.37 Å². The molecule has 0 aromatic heterocycles. The number of benzene rings is 3. The van der Waals surface area contributed by atoms with Crippen LogP contribution in [0.1, 0.15) is 29.9 Å². The highest BCUT2D eigenvalue weighted by atomic mass is 32.2. The van der Waals surface area contributed by atoms with E-state index in [-0.39, 0.29) is 29.6 Å². The average Bonchev–Trinajstić information content (AvgIpc) is 3.36. The Bertz CT molecular complexity index is 1230. The molecule has 34 heavy (non-hydrogen) atoms. The molecule has 0 bridgehead atoms. The molecule has 4 rings (SSSR count). The standard InChI is InChI=1S/C27H29NO4S2/c1-20-7-5-6-10-25(20)23(15-17-29)19-26(30)27-28(16-18-33-27)34(31,32)24-13-11-22(12-14-24)21-8-3-2-4-9-21/h2-14,23,27,29H,15-19H2,1H3. The van der Waals surface area contributed by atoms with E-state index >= 15 is 0 Å². The zero-order valence-electron chi connectivity index (χ0n) is 19.1. The van der Waals surface area contributed by atoms with Crippen LogP contribution in [0.2, 0.25) is 0 Å². The lowest BCUT2D eigenvalue weighted by molar-refractivity contribution is -0.120. The van der Waals surface area contributed by atoms with E-state index in [1.165, 1.54) is 16.1 Å². The second-order valence-corrected chi connectivity index (χ2v) is 11.5. The van der Waals surface area contributed by atoms with Crippen molar-refractivity contribution in [3.8, 4) is 11.1 Å². The molecule has 0 spiro atoms. The summed E-state index contributed by atoms with van der Waals surface area (Å²) >= 11 is 1.37. The number of carbonyl (C=O) groups excluding carboxylic acids is 1. The van der Waals surface area contributed by atoms with Gasteiger partial charge in [-0.3, -0.25) is 4.79 Å². The molecular formula is C27H29NO4S2. The van der Waals surface area contributed by atoms with Crippen molar-refractivity contribution in [2.45, 2.75) is 36.0 Å². The molecule has 3 aromatic rings. The Morgan fingerprint density at radius 1 is 1.00 bits per heavy atom. The fourth-order valence-electron chi connectivity index (χ4n) is 4.45. The molecule has 2 unspecified atom stereocenters. The van der Waals surface area contributed by atoms with Crippen molar-refractivity contribution in [2.75, 3.05) is 18.9 Å². The molecule has 178 valence electrons. The lowest BCUT2D eigenvalue weighted by Gasteiger charge is -2.25. The summed E-state index contributed by atoms with van der Waals surface area (Å²) in [5.74, 6) is 0.315. The van der Waals surface area contributed by atoms with Crippen LogP contribution in [0.25, 0.3) is 11.1 Å². The van der Waals surface area contributed by atoms with Crippen LogP contribution in [0.4, 0.5) is 0 Å². The van der Waals surface area contributed by atoms with Gasteiger partial charge in [0.25, 0.3) is 0 Å². The Morgan fingerprint density at radius 2 is 1.65 bits per heavy atom. The smallest absolute Gasteiger partial charge is 0.244 e. The van der Waals surface area contributed by atoms with Gasteiger partial charge in [0, 0.05) is 25.3 Å². The summed E-state index contributed by atoms with van der Waals surface area (Å²) in [4.78, 5) is 13.5. The molecule has 7 heteroatoms. The highest BCUT2D eigenvalue weighted by Crippen LogP contribution is 2.35. The van der Waals surface area contributed by atoms with E-state index in [0.29, 0.717) is 18.7 Å². The first-order valence-electron chi connectivity index (χ1n) is 11.4. The molecule has 1 heterocycles. The Morgan fingerprint density at radius 3 is 2.32 bits per heavy atom. The number of thioether (sulfide) groups is 1. The van der Waals surface area contributed by atoms with Crippen LogP contribution in [0, 0.1) is 6.92 Å². The number of sulfonamides is 1. The number of aryl methyl sites for hydroxylation is 1. The molecule has 0 amide bonds. The number of rotatable bonds is 9. The van der Waals surface area contributed by atoms with Crippen LogP contribution >= 0.6 is 11.8 Å². The highest BCUT2D eigenvalue weighted by Gasteiger charge is 2.40. The molecule has 0 aliphatic carbocycles. The summed E-state index contributed by atoms with van der Waals surface area (Å²) in [5, 5.41) is 8.83. The van der Waals surface area contributed by atoms with E-state index in [9.17, 15) is 18.3 Å². The van der Waals surface area contributed by atoms with Gasteiger partial charge in [-0.25, -0.2) is 8.42 Å². The molecule has 3 aromatic carbocycles. The number of hydrogen-bond donors (Lipinski definition) is 1. The fraction of sp³-hybridized carbons (Fsp3) is 0.296. The third-order valence-electron chi connectivity index (χ3n) is 6.25. The van der Waals surface area contributed by atoms with Gasteiger partial charge in [-0.1, -0.05) is 66.7 Å². The Balaban J connectivity index is 1.53. The minimum absolute atomic E-state index is 0.0279. The number of Topliss-reactive ketones (excluding diaryl/α,β-unsaturated/α-hetero) is 1. The number of carbonyl (C=O) groups is 1. The summed E-state index contributed by atoms with van der Waals surface area (Å²) in [7, 11) is -3.81. The Hall–Kier alpha value is -2.45. The van der Waals surface area contributed by atoms with Gasteiger partial charge in [0.05, 0.1) is 4.90 Å². The van der Waals surface area contributed by atoms with E-state index in [2.05, 4.69) is 0 Å². The zero-order chi connectivity index (χ0) is 24.1. The van der Waals surface area contributed by atoms with E-state index in [1.54, 1.807) is 24.3 Å². The van der Waals surface area contributed by atoms with Crippen LogP contribution in [0.15, 0.2) is 83.8 Å². The van der Waals surface area contributed by atoms with E-state index in [0.717, 1.165) is 22.3 Å². The molecule has 2 atom stereocenters. The third-order valence-corrected chi connectivity index (χ3v) is 9.51. The number of nitrogens with zero attached hydrogens (tertiary/aromatic N) is 1. The summed E-state index contributed by atoms with van der Waals surface area (Å²) in [6, 6.07) is 24.5. The number of aliphatic hydroxyl groups excluding tert-OH is 1. The Labute approximate surface area is 205 Å². The van der Waals surface area contributed by atoms with Gasteiger partial charge in [0.15, 0.2) is 5.78 Å². The summed E-state index contributed by atoms with van der Waals surface area (Å²) in [6.45, 7) is 2.27. The molecule has 1 aliphatic heterocycles. The van der Waals surface area contributed by atoms with Crippen LogP contribution in [0.5, 0.6) is 0 Å². The van der Waals surface area contributed by atoms with E-state index in [1.807, 2.05) is 61.5 Å². The first-order valence-corrected chi connectivity index (χ1v) is 13.9. The van der Waals surface area contributed by atoms with Crippen LogP contribution < -0.4 is 0 Å². The minimum Gasteiger partial charge on any atom is -0.396 e. The molecule has 0 saturated carbocycles. The van der Waals surface area contributed by atoms with Crippen molar-refractivity contribution in [2.24, 2.45) is 0 Å². The van der Waals surface area contributed by atoms with Gasteiger partial charge >= 0.3 is 0 Å². The minimum atomic E-state index is -3.81. The van der Waals surface area contributed by atoms with Gasteiger partial charge in [0.2, 0.25) is 10.0 Å². The number of aliphatic hydroxyl groups is 1. The van der Waals surface area contributed by atoms with Crippen LogP contribution in [0.3, 0.4) is 0 Å². The molecule has 1 saturated heterocycles. The van der Waals surface area contributed by atoms with E-state index in [4.69, 9.17) is 0 Å². The molecule has 1 N–H and O–H groups in total. The normalized spacial score (nSPS) is 17.5. The largest absolute Gasteiger partial charge is 0.396 e. The number of ketones is 1. The maximum absolute atomic E-state index is 13.5. The maximum Gasteiger partial charge on any atom is 0.244 e. The lowest BCUT2D eigenvalue weighted by atomic mass is 9.88. The first kappa shape index (κ1) is 24.7. The maximum atomic E-state index is 13.5. The molecule has 0 radical (unpaired) electrons. The van der Waals surface area contributed by atoms with Crippen molar-refractivity contribution < 1.29 is 18.3 Å². The van der Waals surface area contributed by atoms with Gasteiger partial charge in [-0.15, -0.1) is 11.8 Å². The predicted octanol–water partition coefficient (Wildman–Crippen LogP) is 4.85. The summed E-state index contributed by atoms with van der Waals surface area (Å²) < 4.78 is 28.2. The zero-order valence-corrected chi connectivity index (χ0v) is 20.8. The molecule has 5 nitrogen and oxygen atoms in total. The van der Waals surface area contributed by atoms with Gasteiger partial charge in [-0.2, -0.15) is 4.31 Å². The van der Waals surface area contributed by atoms with Gasteiger partial charge < -0.3 is 5.11 Å². The molecule has 1 fully saturated rings. The van der Waals surface area contributed by atoms with Gasteiger partial charge in [-0.05, 0) is 53.6 Å². The van der Waals surface area contributed by atoms with Crippen molar-refractivity contribution >= 4 is 27.6 Å². The molecule has 1 aliphatic rings. The van der Waals surface area contributed by atoms with E-state index < -0.39 is 15.4 Å². The van der Waals surface area contributed by atoms with Crippen LogP contribution in [-0.4, -0.2) is 47.9 Å². The quantitative estimate of drug-likeness (QED) is 0.459. The summed E-state index contributed by atoms with van der Waals surface area (Å²) in [6.07, 6.45) is 0.656. The van der Waals surface area contributed by atoms with Crippen molar-refractivity contribution in [1.29, 1.82) is 0 Å².